The monoisotopic (exact) mass is 417 g/mol. The van der Waals surface area contributed by atoms with E-state index in [4.69, 9.17) is 16.3 Å². The average Bonchev–Trinajstić information content (AvgIpc) is 2.61. The fourth-order valence-corrected chi connectivity index (χ4v) is 3.49. The lowest BCUT2D eigenvalue weighted by Crippen LogP contribution is -2.20. The number of nitrogens with one attached hydrogen (secondary N) is 1. The van der Waals surface area contributed by atoms with Crippen molar-refractivity contribution in [2.45, 2.75) is 69.9 Å². The highest BCUT2D eigenvalue weighted by Crippen LogP contribution is 2.36. The number of esters is 1. The number of carbonyl (C=O) groups is 2. The number of anilines is 1. The van der Waals surface area contributed by atoms with Crippen LogP contribution in [0.25, 0.3) is 0 Å². The number of thioether (sulfide) groups is 1. The zero-order valence-electron chi connectivity index (χ0n) is 16.4. The Balaban J connectivity index is 2.84. The van der Waals surface area contributed by atoms with Gasteiger partial charge in [0.1, 0.15) is 11.1 Å². The molecule has 1 atom stereocenters. The van der Waals surface area contributed by atoms with Crippen molar-refractivity contribution in [3.8, 4) is 0 Å². The van der Waals surface area contributed by atoms with Gasteiger partial charge in [0.15, 0.2) is 0 Å². The van der Waals surface area contributed by atoms with Gasteiger partial charge in [0.05, 0.1) is 17.3 Å². The van der Waals surface area contributed by atoms with E-state index < -0.39 is 11.1 Å². The van der Waals surface area contributed by atoms with Crippen LogP contribution in [0, 0.1) is 11.7 Å². The molecule has 0 spiro atoms. The van der Waals surface area contributed by atoms with E-state index in [1.54, 1.807) is 0 Å². The molecule has 27 heavy (non-hydrogen) atoms. The molecule has 1 rings (SSSR count). The molecule has 1 amide bonds. The molecule has 0 aromatic heterocycles. The van der Waals surface area contributed by atoms with Crippen molar-refractivity contribution in [3.05, 3.63) is 23.0 Å². The predicted octanol–water partition coefficient (Wildman–Crippen LogP) is 6.07. The summed E-state index contributed by atoms with van der Waals surface area (Å²) in [6.45, 7) is 8.34. The van der Waals surface area contributed by atoms with E-state index in [0.717, 1.165) is 25.3 Å². The normalized spacial score (nSPS) is 12.1. The molecule has 1 aromatic rings. The van der Waals surface area contributed by atoms with E-state index in [9.17, 15) is 14.0 Å². The smallest absolute Gasteiger partial charge is 0.319 e. The van der Waals surface area contributed by atoms with Gasteiger partial charge in [0.25, 0.3) is 0 Å². The van der Waals surface area contributed by atoms with Gasteiger partial charge in [0, 0.05) is 11.3 Å². The standard InChI is InChI=1S/C20H29ClFNO3S/c1-5-7-10-26-20(25)17(6-2)27-18-12-16(15(22)11-14(18)21)23-19(24)9-8-13(3)4/h11-13,17H,5-10H2,1-4H3,(H,23,24). The molecular formula is C20H29ClFNO3S. The summed E-state index contributed by atoms with van der Waals surface area (Å²) in [6, 6.07) is 2.65. The first kappa shape index (κ1) is 23.8. The first-order valence-corrected chi connectivity index (χ1v) is 10.7. The van der Waals surface area contributed by atoms with Gasteiger partial charge < -0.3 is 10.1 Å². The molecular weight excluding hydrogens is 389 g/mol. The summed E-state index contributed by atoms with van der Waals surface area (Å²) in [4.78, 5) is 24.8. The van der Waals surface area contributed by atoms with Gasteiger partial charge in [-0.1, -0.05) is 45.7 Å². The molecule has 0 heterocycles. The summed E-state index contributed by atoms with van der Waals surface area (Å²) in [5, 5.41) is 2.36. The van der Waals surface area contributed by atoms with Crippen molar-refractivity contribution in [1.29, 1.82) is 0 Å². The van der Waals surface area contributed by atoms with Crippen LogP contribution in [-0.2, 0) is 14.3 Å². The molecule has 0 aliphatic heterocycles. The molecule has 4 nitrogen and oxygen atoms in total. The van der Waals surface area contributed by atoms with E-state index in [2.05, 4.69) is 5.32 Å². The van der Waals surface area contributed by atoms with Gasteiger partial charge in [-0.25, -0.2) is 4.39 Å². The molecule has 0 fully saturated rings. The van der Waals surface area contributed by atoms with Crippen molar-refractivity contribution < 1.29 is 18.7 Å². The van der Waals surface area contributed by atoms with Gasteiger partial charge in [-0.05, 0) is 37.3 Å². The van der Waals surface area contributed by atoms with Gasteiger partial charge >= 0.3 is 5.97 Å². The summed E-state index contributed by atoms with van der Waals surface area (Å²) in [6.07, 6.45) is 3.37. The highest BCUT2D eigenvalue weighted by atomic mass is 35.5. The van der Waals surface area contributed by atoms with Gasteiger partial charge in [-0.15, -0.1) is 11.8 Å². The Morgan fingerprint density at radius 1 is 1.30 bits per heavy atom. The van der Waals surface area contributed by atoms with Crippen molar-refractivity contribution >= 4 is 40.9 Å². The summed E-state index contributed by atoms with van der Waals surface area (Å²) >= 11 is 7.37. The van der Waals surface area contributed by atoms with Crippen molar-refractivity contribution in [2.24, 2.45) is 5.92 Å². The molecule has 1 N–H and O–H groups in total. The van der Waals surface area contributed by atoms with E-state index in [1.165, 1.54) is 17.8 Å². The molecule has 0 aliphatic carbocycles. The van der Waals surface area contributed by atoms with Crippen LogP contribution in [0.5, 0.6) is 0 Å². The molecule has 0 bridgehead atoms. The lowest BCUT2D eigenvalue weighted by molar-refractivity contribution is -0.143. The summed E-state index contributed by atoms with van der Waals surface area (Å²) < 4.78 is 19.4. The summed E-state index contributed by atoms with van der Waals surface area (Å²) in [7, 11) is 0. The molecule has 0 radical (unpaired) electrons. The number of ether oxygens (including phenoxy) is 1. The number of unbranched alkanes of at least 4 members (excludes halogenated alkanes) is 1. The Labute approximate surface area is 170 Å². The lowest BCUT2D eigenvalue weighted by atomic mass is 10.1. The van der Waals surface area contributed by atoms with Crippen molar-refractivity contribution in [1.82, 2.24) is 0 Å². The number of hydrogen-bond acceptors (Lipinski definition) is 4. The van der Waals surface area contributed by atoms with Crippen LogP contribution in [-0.4, -0.2) is 23.7 Å². The second kappa shape index (κ2) is 12.2. The van der Waals surface area contributed by atoms with Gasteiger partial charge in [-0.2, -0.15) is 0 Å². The van der Waals surface area contributed by atoms with E-state index >= 15 is 0 Å². The van der Waals surface area contributed by atoms with Crippen LogP contribution in [0.1, 0.15) is 59.8 Å². The minimum absolute atomic E-state index is 0.0739. The molecule has 0 saturated heterocycles. The number of benzene rings is 1. The number of amides is 1. The third-order valence-electron chi connectivity index (χ3n) is 3.89. The number of rotatable bonds is 11. The molecule has 1 aromatic carbocycles. The summed E-state index contributed by atoms with van der Waals surface area (Å²) in [5.41, 5.74) is 0.0739. The van der Waals surface area contributed by atoms with Crippen molar-refractivity contribution in [3.63, 3.8) is 0 Å². The molecule has 152 valence electrons. The number of halogens is 2. The quantitative estimate of drug-likeness (QED) is 0.270. The third-order valence-corrected chi connectivity index (χ3v) is 5.72. The fraction of sp³-hybridized carbons (Fsp3) is 0.600. The second-order valence-electron chi connectivity index (χ2n) is 6.78. The van der Waals surface area contributed by atoms with Crippen LogP contribution in [0.15, 0.2) is 17.0 Å². The van der Waals surface area contributed by atoms with Crippen LogP contribution in [0.4, 0.5) is 10.1 Å². The zero-order valence-corrected chi connectivity index (χ0v) is 18.0. The Hall–Kier alpha value is -1.27. The minimum Gasteiger partial charge on any atom is -0.465 e. The first-order valence-electron chi connectivity index (χ1n) is 9.40. The van der Waals surface area contributed by atoms with Crippen LogP contribution >= 0.6 is 23.4 Å². The Morgan fingerprint density at radius 3 is 2.59 bits per heavy atom. The van der Waals surface area contributed by atoms with Gasteiger partial charge in [-0.3, -0.25) is 9.59 Å². The number of hydrogen-bond donors (Lipinski definition) is 1. The molecule has 1 unspecified atom stereocenters. The maximum Gasteiger partial charge on any atom is 0.319 e. The maximum absolute atomic E-state index is 14.2. The van der Waals surface area contributed by atoms with E-state index in [1.807, 2.05) is 27.7 Å². The van der Waals surface area contributed by atoms with E-state index in [0.29, 0.717) is 30.3 Å². The van der Waals surface area contributed by atoms with Crippen LogP contribution in [0.2, 0.25) is 5.02 Å². The molecule has 0 aliphatic rings. The molecule has 0 saturated carbocycles. The fourth-order valence-electron chi connectivity index (χ4n) is 2.21. The van der Waals surface area contributed by atoms with Crippen molar-refractivity contribution in [2.75, 3.05) is 11.9 Å². The topological polar surface area (TPSA) is 55.4 Å². The van der Waals surface area contributed by atoms with E-state index in [-0.39, 0.29) is 22.6 Å². The first-order chi connectivity index (χ1) is 12.8. The maximum atomic E-state index is 14.2. The Morgan fingerprint density at radius 2 is 2.00 bits per heavy atom. The van der Waals surface area contributed by atoms with Crippen LogP contribution in [0.3, 0.4) is 0 Å². The lowest BCUT2D eigenvalue weighted by Gasteiger charge is -2.16. The predicted molar refractivity (Wildman–Crippen MR) is 110 cm³/mol. The molecule has 7 heteroatoms. The largest absolute Gasteiger partial charge is 0.465 e. The van der Waals surface area contributed by atoms with Gasteiger partial charge in [0.2, 0.25) is 5.91 Å². The summed E-state index contributed by atoms with van der Waals surface area (Å²) in [5.74, 6) is -0.757. The third kappa shape index (κ3) is 8.52. The Bertz CT molecular complexity index is 640. The number of carbonyl (C=O) groups excluding carboxylic acids is 2. The van der Waals surface area contributed by atoms with Crippen LogP contribution < -0.4 is 5.32 Å². The SMILES string of the molecule is CCCCOC(=O)C(CC)Sc1cc(NC(=O)CCC(C)C)c(F)cc1Cl. The highest BCUT2D eigenvalue weighted by molar-refractivity contribution is 8.00. The second-order valence-corrected chi connectivity index (χ2v) is 8.43. The Kier molecular flexibility index (Phi) is 10.8. The zero-order chi connectivity index (χ0) is 20.4. The highest BCUT2D eigenvalue weighted by Gasteiger charge is 2.22. The minimum atomic E-state index is -0.596. The average molecular weight is 418 g/mol.